The quantitative estimate of drug-likeness (QED) is 0.841. The molecule has 0 spiro atoms. The molecule has 2 heterocycles. The van der Waals surface area contributed by atoms with Gasteiger partial charge in [0.25, 0.3) is 0 Å². The molecular formula is C15H23Cl2N3. The first kappa shape index (κ1) is 16.0. The number of hydrogen-bond donors (Lipinski definition) is 1. The van der Waals surface area contributed by atoms with Gasteiger partial charge in [0.15, 0.2) is 0 Å². The minimum absolute atomic E-state index is 0.474. The molecule has 0 saturated carbocycles. The molecule has 0 amide bonds. The Labute approximate surface area is 131 Å². The normalized spacial score (nSPS) is 17.1. The molecule has 2 rings (SSSR count). The summed E-state index contributed by atoms with van der Waals surface area (Å²) in [5.41, 5.74) is 0.877. The molecule has 0 aromatic carbocycles. The second-order valence-electron chi connectivity index (χ2n) is 5.78. The monoisotopic (exact) mass is 315 g/mol. The molecule has 1 aromatic rings. The third-order valence-corrected chi connectivity index (χ3v) is 4.47. The van der Waals surface area contributed by atoms with Gasteiger partial charge in [0.1, 0.15) is 5.15 Å². The van der Waals surface area contributed by atoms with Crippen LogP contribution in [0.1, 0.15) is 32.4 Å². The van der Waals surface area contributed by atoms with Crippen LogP contribution < -0.4 is 5.32 Å². The summed E-state index contributed by atoms with van der Waals surface area (Å²) < 4.78 is 0. The molecule has 1 aliphatic rings. The fourth-order valence-electron chi connectivity index (χ4n) is 2.61. The molecule has 3 nitrogen and oxygen atoms in total. The lowest BCUT2D eigenvalue weighted by molar-refractivity contribution is 0.160. The van der Waals surface area contributed by atoms with Crippen LogP contribution in [0.25, 0.3) is 0 Å². The number of hydrogen-bond acceptors (Lipinski definition) is 3. The van der Waals surface area contributed by atoms with Crippen LogP contribution in [-0.2, 0) is 6.54 Å². The van der Waals surface area contributed by atoms with Gasteiger partial charge in [0, 0.05) is 19.1 Å². The first-order chi connectivity index (χ1) is 9.56. The lowest BCUT2D eigenvalue weighted by Gasteiger charge is -2.32. The van der Waals surface area contributed by atoms with Gasteiger partial charge in [-0.2, -0.15) is 0 Å². The Morgan fingerprint density at radius 3 is 2.65 bits per heavy atom. The Kier molecular flexibility index (Phi) is 6.09. The summed E-state index contributed by atoms with van der Waals surface area (Å²) in [5.74, 6) is 0.761. The van der Waals surface area contributed by atoms with Gasteiger partial charge in [-0.15, -0.1) is 0 Å². The molecule has 0 atom stereocenters. The van der Waals surface area contributed by atoms with Crippen molar-refractivity contribution in [3.8, 4) is 0 Å². The Morgan fingerprint density at radius 1 is 1.30 bits per heavy atom. The maximum Gasteiger partial charge on any atom is 0.129 e. The lowest BCUT2D eigenvalue weighted by Crippen LogP contribution is -2.39. The van der Waals surface area contributed by atoms with Crippen LogP contribution in [-0.4, -0.2) is 35.6 Å². The Bertz CT molecular complexity index is 431. The molecule has 0 aliphatic carbocycles. The smallest absolute Gasteiger partial charge is 0.129 e. The highest BCUT2D eigenvalue weighted by atomic mass is 35.5. The zero-order valence-corrected chi connectivity index (χ0v) is 13.7. The molecule has 112 valence electrons. The van der Waals surface area contributed by atoms with Gasteiger partial charge in [0.2, 0.25) is 0 Å². The topological polar surface area (TPSA) is 28.2 Å². The van der Waals surface area contributed by atoms with E-state index in [-0.39, 0.29) is 0 Å². The van der Waals surface area contributed by atoms with Crippen molar-refractivity contribution in [1.29, 1.82) is 0 Å². The van der Waals surface area contributed by atoms with Gasteiger partial charge >= 0.3 is 0 Å². The Morgan fingerprint density at radius 2 is 2.00 bits per heavy atom. The average Bonchev–Trinajstić information content (AvgIpc) is 2.43. The van der Waals surface area contributed by atoms with E-state index in [1.165, 1.54) is 12.8 Å². The van der Waals surface area contributed by atoms with Crippen LogP contribution in [0.4, 0.5) is 0 Å². The molecule has 1 aromatic heterocycles. The van der Waals surface area contributed by atoms with E-state index >= 15 is 0 Å². The summed E-state index contributed by atoms with van der Waals surface area (Å²) in [6, 6.07) is 4.04. The molecule has 0 radical (unpaired) electrons. The summed E-state index contributed by atoms with van der Waals surface area (Å²) in [6.07, 6.45) is 2.50. The van der Waals surface area contributed by atoms with Crippen molar-refractivity contribution in [2.24, 2.45) is 5.92 Å². The highest BCUT2D eigenvalue weighted by Crippen LogP contribution is 2.21. The summed E-state index contributed by atoms with van der Waals surface area (Å²) in [7, 11) is 0. The third kappa shape index (κ3) is 4.59. The predicted molar refractivity (Wildman–Crippen MR) is 85.4 cm³/mol. The van der Waals surface area contributed by atoms with Crippen LogP contribution in [0, 0.1) is 5.92 Å². The second kappa shape index (κ2) is 7.60. The van der Waals surface area contributed by atoms with Crippen molar-refractivity contribution in [1.82, 2.24) is 15.2 Å². The van der Waals surface area contributed by atoms with Crippen molar-refractivity contribution in [2.45, 2.75) is 39.3 Å². The highest BCUT2D eigenvalue weighted by molar-refractivity contribution is 6.32. The van der Waals surface area contributed by atoms with E-state index in [9.17, 15) is 0 Å². The van der Waals surface area contributed by atoms with Crippen LogP contribution in [0.15, 0.2) is 12.1 Å². The molecule has 5 heteroatoms. The summed E-state index contributed by atoms with van der Waals surface area (Å²) in [6.45, 7) is 8.57. The van der Waals surface area contributed by atoms with Crippen molar-refractivity contribution in [2.75, 3.05) is 19.6 Å². The van der Waals surface area contributed by atoms with Crippen LogP contribution in [0.3, 0.4) is 0 Å². The Hall–Kier alpha value is -0.350. The fourth-order valence-corrected chi connectivity index (χ4v) is 2.94. The number of piperidine rings is 1. The first-order valence-electron chi connectivity index (χ1n) is 7.32. The second-order valence-corrected chi connectivity index (χ2v) is 6.57. The van der Waals surface area contributed by atoms with Crippen molar-refractivity contribution in [3.63, 3.8) is 0 Å². The highest BCUT2D eigenvalue weighted by Gasteiger charge is 2.20. The van der Waals surface area contributed by atoms with Crippen molar-refractivity contribution in [3.05, 3.63) is 28.0 Å². The standard InChI is InChI=1S/C15H23Cl2N3/c1-11(2)20(9-12-5-7-18-8-6-12)10-14-13(16)3-4-15(17)19-14/h3-4,11-12,18H,5-10H2,1-2H3. The summed E-state index contributed by atoms with van der Waals surface area (Å²) in [4.78, 5) is 6.81. The van der Waals surface area contributed by atoms with E-state index in [0.29, 0.717) is 16.2 Å². The van der Waals surface area contributed by atoms with E-state index in [1.807, 2.05) is 6.07 Å². The van der Waals surface area contributed by atoms with Gasteiger partial charge < -0.3 is 5.32 Å². The SMILES string of the molecule is CC(C)N(Cc1nc(Cl)ccc1Cl)CC1CCNCC1. The molecule has 1 aliphatic heterocycles. The van der Waals surface area contributed by atoms with Gasteiger partial charge in [-0.1, -0.05) is 23.2 Å². The van der Waals surface area contributed by atoms with Crippen LogP contribution in [0.5, 0.6) is 0 Å². The van der Waals surface area contributed by atoms with Gasteiger partial charge in [-0.05, 0) is 57.8 Å². The van der Waals surface area contributed by atoms with Crippen molar-refractivity contribution >= 4 is 23.2 Å². The number of pyridine rings is 1. The predicted octanol–water partition coefficient (Wildman–Crippen LogP) is 3.60. The number of rotatable bonds is 5. The zero-order valence-electron chi connectivity index (χ0n) is 12.2. The number of halogens is 2. The van der Waals surface area contributed by atoms with E-state index in [0.717, 1.165) is 37.8 Å². The van der Waals surface area contributed by atoms with E-state index in [4.69, 9.17) is 23.2 Å². The van der Waals surface area contributed by atoms with Gasteiger partial charge in [0.05, 0.1) is 10.7 Å². The summed E-state index contributed by atoms with van der Waals surface area (Å²) >= 11 is 12.2. The van der Waals surface area contributed by atoms with E-state index in [2.05, 4.69) is 29.0 Å². The minimum atomic E-state index is 0.474. The largest absolute Gasteiger partial charge is 0.317 e. The lowest BCUT2D eigenvalue weighted by atomic mass is 9.97. The van der Waals surface area contributed by atoms with E-state index < -0.39 is 0 Å². The molecule has 0 unspecified atom stereocenters. The maximum absolute atomic E-state index is 6.23. The average molecular weight is 316 g/mol. The Balaban J connectivity index is 2.02. The fraction of sp³-hybridized carbons (Fsp3) is 0.667. The molecule has 0 bridgehead atoms. The third-order valence-electron chi connectivity index (χ3n) is 3.92. The van der Waals surface area contributed by atoms with Crippen molar-refractivity contribution < 1.29 is 0 Å². The van der Waals surface area contributed by atoms with E-state index in [1.54, 1.807) is 6.07 Å². The van der Waals surface area contributed by atoms with Crippen LogP contribution in [0.2, 0.25) is 10.2 Å². The molecular weight excluding hydrogens is 293 g/mol. The number of aromatic nitrogens is 1. The van der Waals surface area contributed by atoms with Gasteiger partial charge in [-0.25, -0.2) is 4.98 Å². The van der Waals surface area contributed by atoms with Gasteiger partial charge in [-0.3, -0.25) is 4.90 Å². The number of nitrogens with one attached hydrogen (secondary N) is 1. The molecule has 1 N–H and O–H groups in total. The van der Waals surface area contributed by atoms with Crippen LogP contribution >= 0.6 is 23.2 Å². The zero-order chi connectivity index (χ0) is 14.5. The molecule has 1 saturated heterocycles. The first-order valence-corrected chi connectivity index (χ1v) is 8.07. The summed E-state index contributed by atoms with van der Waals surface area (Å²) in [5, 5.41) is 4.62. The molecule has 1 fully saturated rings. The maximum atomic E-state index is 6.23. The molecule has 20 heavy (non-hydrogen) atoms. The number of nitrogens with zero attached hydrogens (tertiary/aromatic N) is 2. The minimum Gasteiger partial charge on any atom is -0.317 e.